The normalized spacial score (nSPS) is 17.9. The van der Waals surface area contributed by atoms with Crippen LogP contribution in [0.4, 0.5) is 31.5 Å². The van der Waals surface area contributed by atoms with Crippen LogP contribution >= 0.6 is 46.4 Å². The zero-order valence-corrected chi connectivity index (χ0v) is 52.0. The van der Waals surface area contributed by atoms with Gasteiger partial charge in [-0.15, -0.1) is 23.2 Å². The number of rotatable bonds is 10. The molecule has 6 aromatic carbocycles. The SMILES string of the molecule is COc1cc(C(=O)N2CC[C@]3(C=C(C4=NCCN4)CC3)Cc3ccccc32)ccc1NC(=O)c1cc(F)ccc1Cl.COc1cc(C(=O)N2CC[C@]3(C=C(c4ncc[nH]4)CC3)Cc3ccccc32)ccc1NC(=O)c1cc(F)ccc1Cl.ClCCl.[O]=[Mn]=[O]. The van der Waals surface area contributed by atoms with Gasteiger partial charge in [-0.05, 0) is 169 Å². The number of amides is 4. The molecule has 7 aromatic rings. The van der Waals surface area contributed by atoms with E-state index in [0.717, 1.165) is 111 Å². The summed E-state index contributed by atoms with van der Waals surface area (Å²) in [6.07, 6.45) is 15.6. The fourth-order valence-corrected chi connectivity index (χ4v) is 12.3. The number of nitrogens with one attached hydrogen (secondary N) is 4. The van der Waals surface area contributed by atoms with Crippen LogP contribution in [0.1, 0.15) is 96.9 Å². The van der Waals surface area contributed by atoms with Crippen molar-refractivity contribution in [1.82, 2.24) is 15.3 Å². The number of hydrogen-bond acceptors (Lipinski definition) is 11. The van der Waals surface area contributed by atoms with Gasteiger partial charge in [0.05, 0.1) is 58.7 Å². The molecule has 88 heavy (non-hydrogen) atoms. The third-order valence-electron chi connectivity index (χ3n) is 16.1. The van der Waals surface area contributed by atoms with Crippen LogP contribution in [0, 0.1) is 22.5 Å². The first-order chi connectivity index (χ1) is 42.5. The van der Waals surface area contributed by atoms with E-state index < -0.39 is 38.3 Å². The molecular formula is C65H60Cl4F2MnN8O8. The van der Waals surface area contributed by atoms with Crippen LogP contribution in [0.2, 0.25) is 10.0 Å². The number of allylic oxidation sites excluding steroid dienone is 3. The minimum absolute atomic E-state index is 0.000132. The Bertz CT molecular complexity index is 3900. The summed E-state index contributed by atoms with van der Waals surface area (Å²) in [5.74, 6) is -0.0776. The number of benzene rings is 6. The van der Waals surface area contributed by atoms with E-state index in [9.17, 15) is 28.0 Å². The van der Waals surface area contributed by atoms with E-state index in [2.05, 4.69) is 55.2 Å². The van der Waals surface area contributed by atoms with Gasteiger partial charge < -0.3 is 40.2 Å². The second-order valence-corrected chi connectivity index (χ2v) is 23.2. The molecule has 0 unspecified atom stereocenters. The quantitative estimate of drug-likeness (QED) is 0.0753. The summed E-state index contributed by atoms with van der Waals surface area (Å²) < 4.78 is 55.3. The molecule has 2 aliphatic carbocycles. The molecule has 5 aliphatic rings. The molecule has 4 amide bonds. The number of ether oxygens (including phenoxy) is 2. The molecule has 457 valence electrons. The standard InChI is InChI=1S/C32H30ClFN4O3.C32H28ClFN4O3.CH2Cl2.Mn.2O/c2*1-41-28-16-20(6-9-26(28)37-30(39)24-17-23(34)7-8-25(24)33)31(40)38-15-12-32(18-21-4-2-3-5-27(21)38)11-10-22(19-32)29-35-13-14-36-29;2-1-3;;;/h2-9,16-17,19H,10-15,18H2,1H3,(H,35,36)(H,37,39);2-9,13-14,16-17,19H,10-12,15,18H2,1H3,(H,35,36)(H,37,39);1H2;;;/t2*32-;;;;/m00..../s1. The molecule has 12 rings (SSSR count). The van der Waals surface area contributed by atoms with Gasteiger partial charge in [0.1, 0.15) is 34.8 Å². The molecule has 0 bridgehead atoms. The van der Waals surface area contributed by atoms with E-state index in [1.165, 1.54) is 49.6 Å². The van der Waals surface area contributed by atoms with Crippen molar-refractivity contribution >= 4 is 104 Å². The molecule has 2 atom stereocenters. The van der Waals surface area contributed by atoms with Gasteiger partial charge in [-0.3, -0.25) is 24.2 Å². The summed E-state index contributed by atoms with van der Waals surface area (Å²) in [7, 11) is 2.93. The van der Waals surface area contributed by atoms with Crippen molar-refractivity contribution in [2.75, 3.05) is 66.2 Å². The van der Waals surface area contributed by atoms with Crippen LogP contribution in [0.25, 0.3) is 5.57 Å². The molecule has 23 heteroatoms. The number of H-pyrrole nitrogens is 1. The predicted octanol–water partition coefficient (Wildman–Crippen LogP) is 14.1. The number of para-hydroxylation sites is 2. The number of aliphatic imine (C=N–C) groups is 1. The first-order valence-electron chi connectivity index (χ1n) is 28.0. The molecule has 16 nitrogen and oxygen atoms in total. The Morgan fingerprint density at radius 2 is 1.11 bits per heavy atom. The van der Waals surface area contributed by atoms with Crippen LogP contribution < -0.4 is 35.2 Å². The van der Waals surface area contributed by atoms with Crippen LogP contribution in [0.5, 0.6) is 11.5 Å². The molecule has 0 saturated heterocycles. The topological polar surface area (TPSA) is 204 Å². The van der Waals surface area contributed by atoms with Crippen molar-refractivity contribution in [2.24, 2.45) is 15.8 Å². The third kappa shape index (κ3) is 15.0. The molecular weight excluding hydrogens is 1260 g/mol. The number of methoxy groups -OCH3 is 2. The Balaban J connectivity index is 0.000000192. The van der Waals surface area contributed by atoms with Crippen molar-refractivity contribution in [3.63, 3.8) is 0 Å². The number of anilines is 4. The number of imidazole rings is 1. The first-order valence-corrected chi connectivity index (χ1v) is 30.8. The van der Waals surface area contributed by atoms with Crippen molar-refractivity contribution in [3.8, 4) is 11.5 Å². The van der Waals surface area contributed by atoms with Gasteiger partial charge in [0.15, 0.2) is 0 Å². The minimum atomic E-state index is -1.44. The van der Waals surface area contributed by atoms with Crippen molar-refractivity contribution < 1.29 is 59.9 Å². The number of fused-ring (bicyclic) bond motifs is 2. The van der Waals surface area contributed by atoms with Gasteiger partial charge in [0.25, 0.3) is 23.6 Å². The van der Waals surface area contributed by atoms with Crippen molar-refractivity contribution in [1.29, 1.82) is 0 Å². The van der Waals surface area contributed by atoms with Gasteiger partial charge in [-0.25, -0.2) is 13.8 Å². The van der Waals surface area contributed by atoms with Gasteiger partial charge in [-0.2, -0.15) is 0 Å². The van der Waals surface area contributed by atoms with E-state index in [-0.39, 0.29) is 49.2 Å². The molecule has 1 aromatic heterocycles. The molecule has 4 N–H and O–H groups in total. The Morgan fingerprint density at radius 3 is 1.56 bits per heavy atom. The van der Waals surface area contributed by atoms with E-state index in [1.807, 2.05) is 52.4 Å². The summed E-state index contributed by atoms with van der Waals surface area (Å²) in [5, 5.41) is 9.28. The van der Waals surface area contributed by atoms with E-state index in [1.54, 1.807) is 42.6 Å². The zero-order chi connectivity index (χ0) is 62.5. The number of carbonyl (C=O) groups is 4. The number of nitrogens with zero attached hydrogens (tertiary/aromatic N) is 4. The number of alkyl halides is 2. The Hall–Kier alpha value is -7.90. The fraction of sp³-hybridized carbons (Fsp3) is 0.262. The average Bonchev–Trinajstić information content (AvgIpc) is 3.00. The van der Waals surface area contributed by atoms with E-state index >= 15 is 0 Å². The van der Waals surface area contributed by atoms with E-state index in [0.29, 0.717) is 47.1 Å². The maximum absolute atomic E-state index is 14.0. The number of aromatic amines is 1. The van der Waals surface area contributed by atoms with Crippen LogP contribution in [0.15, 0.2) is 156 Å². The van der Waals surface area contributed by atoms with Gasteiger partial charge >= 0.3 is 22.5 Å². The molecule has 4 heterocycles. The molecule has 2 spiro atoms. The van der Waals surface area contributed by atoms with Crippen LogP contribution in [-0.4, -0.2) is 85.2 Å². The summed E-state index contributed by atoms with van der Waals surface area (Å²) >= 11 is 20.3. The number of aromatic nitrogens is 2. The molecule has 3 aliphatic heterocycles. The predicted molar refractivity (Wildman–Crippen MR) is 334 cm³/mol. The summed E-state index contributed by atoms with van der Waals surface area (Å²) in [6, 6.07) is 33.1. The van der Waals surface area contributed by atoms with Crippen LogP contribution in [-0.2, 0) is 35.3 Å². The molecule has 0 saturated carbocycles. The van der Waals surface area contributed by atoms with Crippen LogP contribution in [0.3, 0.4) is 0 Å². The first kappa shape index (κ1) is 64.6. The van der Waals surface area contributed by atoms with Gasteiger partial charge in [0.2, 0.25) is 0 Å². The van der Waals surface area contributed by atoms with Gasteiger partial charge in [0, 0.05) is 54.5 Å². The molecule has 0 radical (unpaired) electrons. The number of carbonyl (C=O) groups excluding carboxylic acids is 4. The van der Waals surface area contributed by atoms with Crippen molar-refractivity contribution in [2.45, 2.75) is 51.4 Å². The Kier molecular flexibility index (Phi) is 21.6. The second kappa shape index (κ2) is 29.4. The van der Waals surface area contributed by atoms with Gasteiger partial charge in [-0.1, -0.05) is 71.8 Å². The second-order valence-electron chi connectivity index (χ2n) is 21.3. The van der Waals surface area contributed by atoms with E-state index in [4.69, 9.17) is 63.5 Å². The zero-order valence-electron chi connectivity index (χ0n) is 47.7. The number of hydrogen-bond donors (Lipinski definition) is 4. The maximum atomic E-state index is 14.0. The third-order valence-corrected chi connectivity index (χ3v) is 16.7. The Morgan fingerprint density at radius 1 is 0.648 bits per heavy atom. The Labute approximate surface area is 533 Å². The monoisotopic (exact) mass is 1310 g/mol. The summed E-state index contributed by atoms with van der Waals surface area (Å²) in [4.78, 5) is 69.6. The summed E-state index contributed by atoms with van der Waals surface area (Å²) in [5.41, 5.74) is 8.01. The van der Waals surface area contributed by atoms with Crippen molar-refractivity contribution in [3.05, 3.63) is 212 Å². The summed E-state index contributed by atoms with van der Waals surface area (Å²) in [6.45, 7) is 2.82. The average molecular weight is 1320 g/mol. The fourth-order valence-electron chi connectivity index (χ4n) is 11.9. The number of halogens is 6. The number of amidine groups is 1. The molecule has 0 fully saturated rings.